The normalized spacial score (nSPS) is 10.2. The molecule has 0 spiro atoms. The second-order valence-electron chi connectivity index (χ2n) is 3.36. The van der Waals surface area contributed by atoms with Crippen molar-refractivity contribution in [1.82, 2.24) is 4.98 Å². The highest BCUT2D eigenvalue weighted by Gasteiger charge is 2.01. The summed E-state index contributed by atoms with van der Waals surface area (Å²) in [6.45, 7) is 0.653. The van der Waals surface area contributed by atoms with Crippen LogP contribution in [0.1, 0.15) is 15.2 Å². The minimum absolute atomic E-state index is 0.398. The minimum Gasteiger partial charge on any atom is -0.366 e. The molecular weight excluding hydrogens is 258 g/mol. The van der Waals surface area contributed by atoms with Gasteiger partial charge in [0.15, 0.2) is 0 Å². The number of nitrogens with two attached hydrogens (primary N) is 1. The fourth-order valence-electron chi connectivity index (χ4n) is 1.27. The predicted octanol–water partition coefficient (Wildman–Crippen LogP) is 2.51. The van der Waals surface area contributed by atoms with Crippen molar-refractivity contribution in [3.8, 4) is 0 Å². The van der Waals surface area contributed by atoms with E-state index >= 15 is 0 Å². The van der Waals surface area contributed by atoms with Crippen molar-refractivity contribution in [3.05, 3.63) is 45.2 Å². The number of primary amides is 1. The van der Waals surface area contributed by atoms with Crippen LogP contribution in [0.25, 0.3) is 0 Å². The van der Waals surface area contributed by atoms with E-state index < -0.39 is 5.91 Å². The molecule has 0 saturated heterocycles. The second kappa shape index (κ2) is 5.16. The van der Waals surface area contributed by atoms with Gasteiger partial charge in [-0.05, 0) is 24.3 Å². The number of halogens is 1. The van der Waals surface area contributed by atoms with Crippen molar-refractivity contribution in [2.24, 2.45) is 5.73 Å². The molecule has 0 aromatic carbocycles. The molecule has 88 valence electrons. The van der Waals surface area contributed by atoms with Crippen LogP contribution in [-0.4, -0.2) is 10.9 Å². The van der Waals surface area contributed by atoms with Gasteiger partial charge in [0, 0.05) is 11.1 Å². The number of aromatic nitrogens is 1. The Kier molecular flexibility index (Phi) is 3.61. The average Bonchev–Trinajstić information content (AvgIpc) is 2.73. The van der Waals surface area contributed by atoms with E-state index in [0.717, 1.165) is 9.21 Å². The molecule has 0 aliphatic heterocycles. The third-order valence-corrected chi connectivity index (χ3v) is 3.35. The van der Waals surface area contributed by atoms with E-state index in [2.05, 4.69) is 10.3 Å². The Labute approximate surface area is 107 Å². The number of carbonyl (C=O) groups is 1. The number of hydrogen-bond acceptors (Lipinski definition) is 4. The smallest absolute Gasteiger partial charge is 0.250 e. The molecule has 0 bridgehead atoms. The maximum absolute atomic E-state index is 10.8. The van der Waals surface area contributed by atoms with Crippen LogP contribution in [0.3, 0.4) is 0 Å². The van der Waals surface area contributed by atoms with Crippen LogP contribution in [-0.2, 0) is 6.54 Å². The first-order chi connectivity index (χ1) is 8.15. The molecule has 0 saturated carbocycles. The average molecular weight is 268 g/mol. The first-order valence-corrected chi connectivity index (χ1v) is 6.08. The summed E-state index contributed by atoms with van der Waals surface area (Å²) >= 11 is 7.34. The maximum Gasteiger partial charge on any atom is 0.250 e. The highest BCUT2D eigenvalue weighted by atomic mass is 35.5. The number of carbonyl (C=O) groups excluding carboxylic acids is 1. The molecule has 2 heterocycles. The molecule has 3 N–H and O–H groups in total. The van der Waals surface area contributed by atoms with E-state index in [9.17, 15) is 4.79 Å². The van der Waals surface area contributed by atoms with E-state index in [1.807, 2.05) is 12.1 Å². The fraction of sp³-hybridized carbons (Fsp3) is 0.0909. The largest absolute Gasteiger partial charge is 0.366 e. The predicted molar refractivity (Wildman–Crippen MR) is 69.4 cm³/mol. The monoisotopic (exact) mass is 267 g/mol. The van der Waals surface area contributed by atoms with Crippen LogP contribution < -0.4 is 11.1 Å². The summed E-state index contributed by atoms with van der Waals surface area (Å²) < 4.78 is 0.763. The molecule has 2 aromatic rings. The molecule has 2 rings (SSSR count). The molecule has 6 heteroatoms. The Morgan fingerprint density at radius 3 is 2.76 bits per heavy atom. The topological polar surface area (TPSA) is 68.0 Å². The Morgan fingerprint density at radius 1 is 1.41 bits per heavy atom. The minimum atomic E-state index is -0.478. The zero-order valence-electron chi connectivity index (χ0n) is 8.81. The summed E-state index contributed by atoms with van der Waals surface area (Å²) in [5.41, 5.74) is 5.52. The first kappa shape index (κ1) is 11.9. The van der Waals surface area contributed by atoms with E-state index in [4.69, 9.17) is 17.3 Å². The van der Waals surface area contributed by atoms with Crippen LogP contribution >= 0.6 is 22.9 Å². The molecule has 0 aliphatic carbocycles. The number of amides is 1. The van der Waals surface area contributed by atoms with Crippen molar-refractivity contribution in [2.45, 2.75) is 6.54 Å². The van der Waals surface area contributed by atoms with Crippen LogP contribution in [0.4, 0.5) is 5.82 Å². The number of nitrogens with one attached hydrogen (secondary N) is 1. The zero-order chi connectivity index (χ0) is 12.3. The van der Waals surface area contributed by atoms with Gasteiger partial charge < -0.3 is 11.1 Å². The molecule has 4 nitrogen and oxygen atoms in total. The van der Waals surface area contributed by atoms with Gasteiger partial charge in [0.2, 0.25) is 5.91 Å². The van der Waals surface area contributed by atoms with E-state index in [1.54, 1.807) is 12.1 Å². The highest BCUT2D eigenvalue weighted by Crippen LogP contribution is 2.21. The standard InChI is InChI=1S/C11H10ClN3OS/c12-9-3-2-8(17-9)6-15-10-4-1-7(5-14-10)11(13)16/h1-5H,6H2,(H2,13,16)(H,14,15). The van der Waals surface area contributed by atoms with Crippen LogP contribution in [0.2, 0.25) is 4.34 Å². The molecular formula is C11H10ClN3OS. The summed E-state index contributed by atoms with van der Waals surface area (Å²) in [5.74, 6) is 0.216. The van der Waals surface area contributed by atoms with Crippen molar-refractivity contribution in [1.29, 1.82) is 0 Å². The lowest BCUT2D eigenvalue weighted by Crippen LogP contribution is -2.11. The lowest BCUT2D eigenvalue weighted by Gasteiger charge is -2.03. The van der Waals surface area contributed by atoms with E-state index in [0.29, 0.717) is 17.9 Å². The van der Waals surface area contributed by atoms with Crippen molar-refractivity contribution in [2.75, 3.05) is 5.32 Å². The van der Waals surface area contributed by atoms with Crippen LogP contribution in [0.5, 0.6) is 0 Å². The molecule has 17 heavy (non-hydrogen) atoms. The Hall–Kier alpha value is -1.59. The van der Waals surface area contributed by atoms with Gasteiger partial charge in [-0.2, -0.15) is 0 Å². The molecule has 1 amide bonds. The number of anilines is 1. The van der Waals surface area contributed by atoms with Gasteiger partial charge in [-0.1, -0.05) is 11.6 Å². The maximum atomic E-state index is 10.8. The Morgan fingerprint density at radius 2 is 2.24 bits per heavy atom. The molecule has 0 fully saturated rings. The van der Waals surface area contributed by atoms with Gasteiger partial charge in [0.05, 0.1) is 16.4 Å². The Balaban J connectivity index is 1.97. The number of nitrogens with zero attached hydrogens (tertiary/aromatic N) is 1. The van der Waals surface area contributed by atoms with Crippen LogP contribution in [0, 0.1) is 0 Å². The van der Waals surface area contributed by atoms with Gasteiger partial charge in [-0.25, -0.2) is 4.98 Å². The summed E-state index contributed by atoms with van der Waals surface area (Å²) in [5, 5.41) is 3.13. The lowest BCUT2D eigenvalue weighted by molar-refractivity contribution is 0.1000. The lowest BCUT2D eigenvalue weighted by atomic mass is 10.3. The van der Waals surface area contributed by atoms with Crippen molar-refractivity contribution >= 4 is 34.7 Å². The number of hydrogen-bond donors (Lipinski definition) is 2. The highest BCUT2D eigenvalue weighted by molar-refractivity contribution is 7.16. The van der Waals surface area contributed by atoms with Gasteiger partial charge >= 0.3 is 0 Å². The summed E-state index contributed by atoms with van der Waals surface area (Å²) in [6, 6.07) is 7.17. The van der Waals surface area contributed by atoms with E-state index in [1.165, 1.54) is 17.5 Å². The van der Waals surface area contributed by atoms with Crippen molar-refractivity contribution < 1.29 is 4.79 Å². The number of pyridine rings is 1. The molecule has 0 radical (unpaired) electrons. The summed E-state index contributed by atoms with van der Waals surface area (Å²) in [7, 11) is 0. The van der Waals surface area contributed by atoms with Gasteiger partial charge in [0.1, 0.15) is 5.82 Å². The second-order valence-corrected chi connectivity index (χ2v) is 5.16. The number of thiophene rings is 1. The summed E-state index contributed by atoms with van der Waals surface area (Å²) in [6.07, 6.45) is 1.45. The molecule has 0 aliphatic rings. The van der Waals surface area contributed by atoms with Gasteiger partial charge in [-0.15, -0.1) is 11.3 Å². The fourth-order valence-corrected chi connectivity index (χ4v) is 2.30. The Bertz CT molecular complexity index is 524. The van der Waals surface area contributed by atoms with Gasteiger partial charge in [-0.3, -0.25) is 4.79 Å². The molecule has 2 aromatic heterocycles. The molecule has 0 atom stereocenters. The third-order valence-electron chi connectivity index (χ3n) is 2.12. The first-order valence-electron chi connectivity index (χ1n) is 4.89. The van der Waals surface area contributed by atoms with Gasteiger partial charge in [0.25, 0.3) is 0 Å². The number of rotatable bonds is 4. The quantitative estimate of drug-likeness (QED) is 0.894. The van der Waals surface area contributed by atoms with Crippen LogP contribution in [0.15, 0.2) is 30.5 Å². The summed E-state index contributed by atoms with van der Waals surface area (Å²) in [4.78, 5) is 16.0. The molecule has 0 unspecified atom stereocenters. The zero-order valence-corrected chi connectivity index (χ0v) is 10.4. The SMILES string of the molecule is NC(=O)c1ccc(NCc2ccc(Cl)s2)nc1. The van der Waals surface area contributed by atoms with Crippen molar-refractivity contribution in [3.63, 3.8) is 0 Å². The van der Waals surface area contributed by atoms with E-state index in [-0.39, 0.29) is 0 Å². The third kappa shape index (κ3) is 3.18.